The normalized spacial score (nSPS) is 18.6. The Kier molecular flexibility index (Phi) is 5.87. The minimum atomic E-state index is -0.275. The van der Waals surface area contributed by atoms with Crippen LogP contribution in [0.5, 0.6) is 0 Å². The van der Waals surface area contributed by atoms with Crippen molar-refractivity contribution < 1.29 is 9.59 Å². The van der Waals surface area contributed by atoms with Crippen LogP contribution in [0.3, 0.4) is 0 Å². The SMILES string of the molecule is NC(=O)CCC1CCCN(C(=O)c2cc(Cl)ccc2I)C1. The van der Waals surface area contributed by atoms with E-state index in [1.165, 1.54) is 0 Å². The minimum absolute atomic E-state index is 0.0191. The van der Waals surface area contributed by atoms with Crippen LogP contribution >= 0.6 is 34.2 Å². The molecule has 0 spiro atoms. The van der Waals surface area contributed by atoms with E-state index in [1.807, 2.05) is 11.0 Å². The summed E-state index contributed by atoms with van der Waals surface area (Å²) in [4.78, 5) is 25.4. The first-order chi connectivity index (χ1) is 9.97. The van der Waals surface area contributed by atoms with E-state index in [0.29, 0.717) is 29.5 Å². The van der Waals surface area contributed by atoms with Crippen molar-refractivity contribution in [1.82, 2.24) is 4.90 Å². The zero-order valence-corrected chi connectivity index (χ0v) is 14.6. The van der Waals surface area contributed by atoms with Crippen molar-refractivity contribution in [2.24, 2.45) is 11.7 Å². The Bertz CT molecular complexity index is 550. The second-order valence-electron chi connectivity index (χ2n) is 5.39. The molecule has 4 nitrogen and oxygen atoms in total. The van der Waals surface area contributed by atoms with Gasteiger partial charge in [-0.25, -0.2) is 0 Å². The van der Waals surface area contributed by atoms with Crippen molar-refractivity contribution in [2.75, 3.05) is 13.1 Å². The van der Waals surface area contributed by atoms with E-state index in [1.54, 1.807) is 12.1 Å². The van der Waals surface area contributed by atoms with Crippen LogP contribution in [-0.4, -0.2) is 29.8 Å². The lowest BCUT2D eigenvalue weighted by molar-refractivity contribution is -0.118. The topological polar surface area (TPSA) is 63.4 Å². The molecule has 0 aliphatic carbocycles. The summed E-state index contributed by atoms with van der Waals surface area (Å²) in [6.45, 7) is 1.45. The van der Waals surface area contributed by atoms with Gasteiger partial charge in [-0.2, -0.15) is 0 Å². The van der Waals surface area contributed by atoms with Crippen LogP contribution in [0.15, 0.2) is 18.2 Å². The zero-order valence-electron chi connectivity index (χ0n) is 11.6. The molecule has 1 aliphatic heterocycles. The number of nitrogens with zero attached hydrogens (tertiary/aromatic N) is 1. The van der Waals surface area contributed by atoms with Gasteiger partial charge in [0.2, 0.25) is 5.91 Å². The standard InChI is InChI=1S/C15H18ClIN2O2/c16-11-4-5-13(17)12(8-11)15(21)19-7-1-2-10(9-19)3-6-14(18)20/h4-5,8,10H,1-3,6-7,9H2,(H2,18,20). The molecule has 21 heavy (non-hydrogen) atoms. The fourth-order valence-corrected chi connectivity index (χ4v) is 3.40. The highest BCUT2D eigenvalue weighted by molar-refractivity contribution is 14.1. The number of benzene rings is 1. The third-order valence-corrected chi connectivity index (χ3v) is 4.94. The molecule has 2 amide bonds. The molecule has 0 bridgehead atoms. The Hall–Kier alpha value is -0.820. The highest BCUT2D eigenvalue weighted by Gasteiger charge is 2.25. The second kappa shape index (κ2) is 7.45. The lowest BCUT2D eigenvalue weighted by atomic mass is 9.93. The number of carbonyl (C=O) groups excluding carboxylic acids is 2. The highest BCUT2D eigenvalue weighted by atomic mass is 127. The monoisotopic (exact) mass is 420 g/mol. The second-order valence-corrected chi connectivity index (χ2v) is 6.99. The van der Waals surface area contributed by atoms with Gasteiger partial charge in [0.25, 0.3) is 5.91 Å². The molecule has 1 fully saturated rings. The van der Waals surface area contributed by atoms with E-state index < -0.39 is 0 Å². The molecular weight excluding hydrogens is 403 g/mol. The Labute approximate surface area is 143 Å². The lowest BCUT2D eigenvalue weighted by Gasteiger charge is -2.33. The Morgan fingerprint density at radius 3 is 2.90 bits per heavy atom. The lowest BCUT2D eigenvalue weighted by Crippen LogP contribution is -2.40. The van der Waals surface area contributed by atoms with Crippen molar-refractivity contribution in [1.29, 1.82) is 0 Å². The number of halogens is 2. The molecule has 0 aromatic heterocycles. The number of piperidine rings is 1. The van der Waals surface area contributed by atoms with Crippen LogP contribution in [0.4, 0.5) is 0 Å². The molecule has 2 N–H and O–H groups in total. The fraction of sp³-hybridized carbons (Fsp3) is 0.467. The summed E-state index contributed by atoms with van der Waals surface area (Å²) in [5.74, 6) is 0.0977. The Morgan fingerprint density at radius 1 is 1.43 bits per heavy atom. The van der Waals surface area contributed by atoms with Gasteiger partial charge < -0.3 is 10.6 Å². The van der Waals surface area contributed by atoms with Crippen LogP contribution in [0.1, 0.15) is 36.0 Å². The summed E-state index contributed by atoms with van der Waals surface area (Å²) in [5, 5.41) is 0.570. The molecule has 1 aliphatic rings. The number of likely N-dealkylation sites (tertiary alicyclic amines) is 1. The number of hydrogen-bond acceptors (Lipinski definition) is 2. The highest BCUT2D eigenvalue weighted by Crippen LogP contribution is 2.25. The fourth-order valence-electron chi connectivity index (χ4n) is 2.66. The smallest absolute Gasteiger partial charge is 0.254 e. The van der Waals surface area contributed by atoms with Crippen LogP contribution in [0.25, 0.3) is 0 Å². The van der Waals surface area contributed by atoms with Crippen LogP contribution in [0.2, 0.25) is 5.02 Å². The summed E-state index contributed by atoms with van der Waals surface area (Å²) in [6.07, 6.45) is 3.16. The van der Waals surface area contributed by atoms with Gasteiger partial charge in [-0.05, 0) is 66.0 Å². The molecule has 1 aromatic rings. The van der Waals surface area contributed by atoms with Crippen molar-refractivity contribution in [3.63, 3.8) is 0 Å². The van der Waals surface area contributed by atoms with Crippen molar-refractivity contribution >= 4 is 46.0 Å². The zero-order chi connectivity index (χ0) is 15.4. The van der Waals surface area contributed by atoms with E-state index in [2.05, 4.69) is 22.6 Å². The maximum atomic E-state index is 12.6. The van der Waals surface area contributed by atoms with Gasteiger partial charge in [-0.15, -0.1) is 0 Å². The van der Waals surface area contributed by atoms with Gasteiger partial charge in [-0.3, -0.25) is 9.59 Å². The third-order valence-electron chi connectivity index (χ3n) is 3.76. The summed E-state index contributed by atoms with van der Waals surface area (Å²) >= 11 is 8.14. The molecule has 6 heteroatoms. The van der Waals surface area contributed by atoms with Crippen LogP contribution in [-0.2, 0) is 4.79 Å². The van der Waals surface area contributed by atoms with E-state index in [9.17, 15) is 9.59 Å². The first kappa shape index (κ1) is 16.5. The molecule has 1 atom stereocenters. The average molecular weight is 421 g/mol. The molecule has 1 saturated heterocycles. The van der Waals surface area contributed by atoms with E-state index >= 15 is 0 Å². The quantitative estimate of drug-likeness (QED) is 0.761. The number of nitrogens with two attached hydrogens (primary N) is 1. The molecule has 114 valence electrons. The first-order valence-corrected chi connectivity index (χ1v) is 8.45. The van der Waals surface area contributed by atoms with Crippen LogP contribution < -0.4 is 5.73 Å². The summed E-state index contributed by atoms with van der Waals surface area (Å²) < 4.78 is 0.904. The van der Waals surface area contributed by atoms with Crippen molar-refractivity contribution in [3.05, 3.63) is 32.4 Å². The number of rotatable bonds is 4. The van der Waals surface area contributed by atoms with Gasteiger partial charge in [0, 0.05) is 28.1 Å². The summed E-state index contributed by atoms with van der Waals surface area (Å²) in [6, 6.07) is 5.36. The predicted molar refractivity (Wildman–Crippen MR) is 91.2 cm³/mol. The number of carbonyl (C=O) groups is 2. The minimum Gasteiger partial charge on any atom is -0.370 e. The van der Waals surface area contributed by atoms with Gasteiger partial charge >= 0.3 is 0 Å². The van der Waals surface area contributed by atoms with Crippen molar-refractivity contribution in [2.45, 2.75) is 25.7 Å². The maximum Gasteiger partial charge on any atom is 0.254 e. The predicted octanol–water partition coefficient (Wildman–Crippen LogP) is 3.06. The number of hydrogen-bond donors (Lipinski definition) is 1. The molecule has 2 rings (SSSR count). The van der Waals surface area contributed by atoms with Gasteiger partial charge in [0.05, 0.1) is 5.56 Å². The molecule has 0 saturated carbocycles. The van der Waals surface area contributed by atoms with E-state index in [0.717, 1.165) is 29.4 Å². The third kappa shape index (κ3) is 4.57. The number of primary amides is 1. The Balaban J connectivity index is 2.05. The van der Waals surface area contributed by atoms with Crippen molar-refractivity contribution in [3.8, 4) is 0 Å². The largest absolute Gasteiger partial charge is 0.370 e. The van der Waals surface area contributed by atoms with E-state index in [4.69, 9.17) is 17.3 Å². The Morgan fingerprint density at radius 2 is 2.19 bits per heavy atom. The van der Waals surface area contributed by atoms with Crippen LogP contribution in [0, 0.1) is 9.49 Å². The summed E-state index contributed by atoms with van der Waals surface area (Å²) in [5.41, 5.74) is 5.85. The van der Waals surface area contributed by atoms with Gasteiger partial charge in [-0.1, -0.05) is 11.6 Å². The molecule has 1 heterocycles. The van der Waals surface area contributed by atoms with E-state index in [-0.39, 0.29) is 11.8 Å². The molecule has 1 unspecified atom stereocenters. The first-order valence-electron chi connectivity index (χ1n) is 7.00. The van der Waals surface area contributed by atoms with Gasteiger partial charge in [0.1, 0.15) is 0 Å². The molecule has 1 aromatic carbocycles. The van der Waals surface area contributed by atoms with Gasteiger partial charge in [0.15, 0.2) is 0 Å². The average Bonchev–Trinajstić information content (AvgIpc) is 2.47. The summed E-state index contributed by atoms with van der Waals surface area (Å²) in [7, 11) is 0. The molecular formula is C15H18ClIN2O2. The number of amides is 2. The molecule has 0 radical (unpaired) electrons. The maximum absolute atomic E-state index is 12.6.